The van der Waals surface area contributed by atoms with E-state index in [2.05, 4.69) is 15.3 Å². The van der Waals surface area contributed by atoms with Gasteiger partial charge < -0.3 is 9.84 Å². The van der Waals surface area contributed by atoms with Gasteiger partial charge in [-0.25, -0.2) is 9.78 Å². The van der Waals surface area contributed by atoms with Gasteiger partial charge in [-0.3, -0.25) is 5.32 Å². The number of anilines is 1. The molecule has 0 aliphatic heterocycles. The van der Waals surface area contributed by atoms with Gasteiger partial charge in [0.2, 0.25) is 11.7 Å². The normalized spacial score (nSPS) is 9.42. The Morgan fingerprint density at radius 2 is 2.05 bits per heavy atom. The summed E-state index contributed by atoms with van der Waals surface area (Å²) >= 11 is 0. The summed E-state index contributed by atoms with van der Waals surface area (Å²) in [6, 6.07) is 9.59. The molecule has 1 amide bonds. The first kappa shape index (κ1) is 12.3. The first-order valence-electron chi connectivity index (χ1n) is 5.18. The van der Waals surface area contributed by atoms with Crippen LogP contribution < -0.4 is 10.1 Å². The molecule has 0 bridgehead atoms. The van der Waals surface area contributed by atoms with Crippen LogP contribution in [0, 0.1) is 11.3 Å². The van der Waals surface area contributed by atoms with Gasteiger partial charge in [0.15, 0.2) is 0 Å². The van der Waals surface area contributed by atoms with Crippen molar-refractivity contribution in [2.24, 2.45) is 0 Å². The summed E-state index contributed by atoms with van der Waals surface area (Å²) in [5.41, 5.74) is 0.431. The summed E-state index contributed by atoms with van der Waals surface area (Å²) in [5.74, 6) is 0.727. The van der Waals surface area contributed by atoms with E-state index >= 15 is 0 Å². The molecule has 1 aromatic carbocycles. The van der Waals surface area contributed by atoms with Gasteiger partial charge in [0.25, 0.3) is 0 Å². The molecule has 1 heterocycles. The molecule has 2 aromatic rings. The molecule has 1 aromatic heterocycles. The highest BCUT2D eigenvalue weighted by Gasteiger charge is 2.02. The number of nitriles is 1. The molecule has 2 rings (SSSR count). The SMILES string of the molecule is N#Cc1nccc(Oc2ccc(NC(=O)O)cc2)n1. The van der Waals surface area contributed by atoms with Gasteiger partial charge >= 0.3 is 6.09 Å². The van der Waals surface area contributed by atoms with Crippen molar-refractivity contribution in [3.63, 3.8) is 0 Å². The Balaban J connectivity index is 2.11. The molecule has 0 unspecified atom stereocenters. The third-order valence-electron chi connectivity index (χ3n) is 2.06. The van der Waals surface area contributed by atoms with E-state index in [4.69, 9.17) is 15.1 Å². The van der Waals surface area contributed by atoms with E-state index < -0.39 is 6.09 Å². The minimum atomic E-state index is -1.14. The van der Waals surface area contributed by atoms with Crippen LogP contribution in [0.3, 0.4) is 0 Å². The third kappa shape index (κ3) is 3.41. The minimum Gasteiger partial charge on any atom is -0.465 e. The van der Waals surface area contributed by atoms with Gasteiger partial charge in [-0.2, -0.15) is 10.2 Å². The lowest BCUT2D eigenvalue weighted by molar-refractivity contribution is 0.209. The number of hydrogen-bond donors (Lipinski definition) is 2. The van der Waals surface area contributed by atoms with Crippen LogP contribution in [-0.2, 0) is 0 Å². The Hall–Kier alpha value is -3.14. The first-order valence-corrected chi connectivity index (χ1v) is 5.18. The van der Waals surface area contributed by atoms with E-state index in [1.807, 2.05) is 0 Å². The number of ether oxygens (including phenoxy) is 1. The highest BCUT2D eigenvalue weighted by molar-refractivity contribution is 5.82. The maximum atomic E-state index is 10.4. The summed E-state index contributed by atoms with van der Waals surface area (Å²) in [6.45, 7) is 0. The van der Waals surface area contributed by atoms with Crippen LogP contribution in [0.25, 0.3) is 0 Å². The van der Waals surface area contributed by atoms with Crippen LogP contribution in [0.4, 0.5) is 10.5 Å². The fourth-order valence-electron chi connectivity index (χ4n) is 1.30. The number of hydrogen-bond acceptors (Lipinski definition) is 5. The lowest BCUT2D eigenvalue weighted by atomic mass is 10.3. The fraction of sp³-hybridized carbons (Fsp3) is 0. The van der Waals surface area contributed by atoms with Crippen molar-refractivity contribution in [3.8, 4) is 17.7 Å². The highest BCUT2D eigenvalue weighted by Crippen LogP contribution is 2.21. The van der Waals surface area contributed by atoms with Crippen LogP contribution in [0.5, 0.6) is 11.6 Å². The molecular weight excluding hydrogens is 248 g/mol. The molecule has 0 atom stereocenters. The lowest BCUT2D eigenvalue weighted by Crippen LogP contribution is -2.06. The number of benzene rings is 1. The van der Waals surface area contributed by atoms with Crippen LogP contribution in [0.1, 0.15) is 5.82 Å². The number of amides is 1. The summed E-state index contributed by atoms with van der Waals surface area (Å²) < 4.78 is 5.40. The Morgan fingerprint density at radius 3 is 2.68 bits per heavy atom. The average Bonchev–Trinajstić information content (AvgIpc) is 2.41. The maximum Gasteiger partial charge on any atom is 0.409 e. The third-order valence-corrected chi connectivity index (χ3v) is 2.06. The van der Waals surface area contributed by atoms with E-state index in [9.17, 15) is 4.79 Å². The molecule has 0 fully saturated rings. The molecule has 2 N–H and O–H groups in total. The van der Waals surface area contributed by atoms with Crippen molar-refractivity contribution in [3.05, 3.63) is 42.4 Å². The van der Waals surface area contributed by atoms with Crippen molar-refractivity contribution in [1.82, 2.24) is 9.97 Å². The van der Waals surface area contributed by atoms with Gasteiger partial charge in [0.1, 0.15) is 11.8 Å². The quantitative estimate of drug-likeness (QED) is 0.871. The number of nitrogens with zero attached hydrogens (tertiary/aromatic N) is 3. The monoisotopic (exact) mass is 256 g/mol. The van der Waals surface area contributed by atoms with E-state index in [0.717, 1.165) is 0 Å². The number of rotatable bonds is 3. The first-order chi connectivity index (χ1) is 9.17. The van der Waals surface area contributed by atoms with Crippen LogP contribution in [0.15, 0.2) is 36.5 Å². The molecule has 94 valence electrons. The minimum absolute atomic E-state index is 0.0154. The van der Waals surface area contributed by atoms with Gasteiger partial charge in [0.05, 0.1) is 0 Å². The average molecular weight is 256 g/mol. The summed E-state index contributed by atoms with van der Waals surface area (Å²) in [7, 11) is 0. The number of nitrogens with one attached hydrogen (secondary N) is 1. The van der Waals surface area contributed by atoms with Crippen LogP contribution in [-0.4, -0.2) is 21.2 Å². The van der Waals surface area contributed by atoms with Crippen molar-refractivity contribution in [1.29, 1.82) is 5.26 Å². The summed E-state index contributed by atoms with van der Waals surface area (Å²) in [5, 5.41) is 19.4. The van der Waals surface area contributed by atoms with Crippen LogP contribution >= 0.6 is 0 Å². The Morgan fingerprint density at radius 1 is 1.32 bits per heavy atom. The zero-order valence-electron chi connectivity index (χ0n) is 9.57. The molecule has 0 aliphatic rings. The Labute approximate surface area is 108 Å². The largest absolute Gasteiger partial charge is 0.465 e. The zero-order chi connectivity index (χ0) is 13.7. The fourth-order valence-corrected chi connectivity index (χ4v) is 1.30. The standard InChI is InChI=1S/C12H8N4O3/c13-7-10-14-6-5-11(16-10)19-9-3-1-8(2-4-9)15-12(17)18/h1-6,15H,(H,17,18). The highest BCUT2D eigenvalue weighted by atomic mass is 16.5. The van der Waals surface area contributed by atoms with E-state index in [1.54, 1.807) is 30.3 Å². The number of carbonyl (C=O) groups is 1. The second-order valence-electron chi connectivity index (χ2n) is 3.39. The molecule has 19 heavy (non-hydrogen) atoms. The smallest absolute Gasteiger partial charge is 0.409 e. The van der Waals surface area contributed by atoms with E-state index in [-0.39, 0.29) is 11.7 Å². The summed E-state index contributed by atoms with van der Waals surface area (Å²) in [6.07, 6.45) is 0.282. The van der Waals surface area contributed by atoms with Crippen LogP contribution in [0.2, 0.25) is 0 Å². The molecule has 0 saturated heterocycles. The van der Waals surface area contributed by atoms with Gasteiger partial charge in [-0.15, -0.1) is 0 Å². The predicted octanol–water partition coefficient (Wildman–Crippen LogP) is 2.23. The topological polar surface area (TPSA) is 108 Å². The predicted molar refractivity (Wildman–Crippen MR) is 64.9 cm³/mol. The lowest BCUT2D eigenvalue weighted by Gasteiger charge is -2.05. The Bertz CT molecular complexity index is 634. The van der Waals surface area contributed by atoms with E-state index in [1.165, 1.54) is 12.3 Å². The van der Waals surface area contributed by atoms with Gasteiger partial charge in [-0.1, -0.05) is 0 Å². The number of carboxylic acid groups (broad SMARTS) is 1. The molecule has 7 nitrogen and oxygen atoms in total. The van der Waals surface area contributed by atoms with Crippen molar-refractivity contribution in [2.45, 2.75) is 0 Å². The van der Waals surface area contributed by atoms with Crippen molar-refractivity contribution in [2.75, 3.05) is 5.32 Å². The van der Waals surface area contributed by atoms with Crippen molar-refractivity contribution < 1.29 is 14.6 Å². The second-order valence-corrected chi connectivity index (χ2v) is 3.39. The second kappa shape index (κ2) is 5.46. The van der Waals surface area contributed by atoms with Gasteiger partial charge in [-0.05, 0) is 24.3 Å². The Kier molecular flexibility index (Phi) is 3.54. The molecule has 0 spiro atoms. The van der Waals surface area contributed by atoms with Crippen molar-refractivity contribution >= 4 is 11.8 Å². The van der Waals surface area contributed by atoms with E-state index in [0.29, 0.717) is 11.4 Å². The zero-order valence-corrected chi connectivity index (χ0v) is 9.57. The molecule has 0 saturated carbocycles. The van der Waals surface area contributed by atoms with Gasteiger partial charge in [0, 0.05) is 18.0 Å². The summed E-state index contributed by atoms with van der Waals surface area (Å²) in [4.78, 5) is 18.0. The molecule has 7 heteroatoms. The number of aromatic nitrogens is 2. The molecule has 0 aliphatic carbocycles. The molecular formula is C12H8N4O3. The molecule has 0 radical (unpaired) electrons. The maximum absolute atomic E-state index is 10.4.